The molecule has 1 saturated heterocycles. The highest BCUT2D eigenvalue weighted by Gasteiger charge is 2.20. The molecule has 0 N–H and O–H groups in total. The maximum atomic E-state index is 12.5. The number of piperazine rings is 1. The summed E-state index contributed by atoms with van der Waals surface area (Å²) in [5.74, 6) is 1.22. The number of carbonyl (C=O) groups is 1. The fourth-order valence-electron chi connectivity index (χ4n) is 3.37. The number of aryl methyl sites for hydroxylation is 2. The normalized spacial score (nSPS) is 14.6. The van der Waals surface area contributed by atoms with E-state index in [0.29, 0.717) is 24.8 Å². The van der Waals surface area contributed by atoms with Crippen LogP contribution in [0.1, 0.15) is 17.0 Å². The number of nitrogens with zero attached hydrogens (tertiary/aromatic N) is 4. The van der Waals surface area contributed by atoms with Crippen molar-refractivity contribution < 1.29 is 9.32 Å². The zero-order valence-electron chi connectivity index (χ0n) is 16.7. The molecule has 0 atom stereocenters. The summed E-state index contributed by atoms with van der Waals surface area (Å²) in [6, 6.07) is 16.3. The number of anilines is 1. The van der Waals surface area contributed by atoms with Gasteiger partial charge >= 0.3 is 0 Å². The van der Waals surface area contributed by atoms with E-state index in [4.69, 9.17) is 4.52 Å². The van der Waals surface area contributed by atoms with Gasteiger partial charge in [-0.1, -0.05) is 35.0 Å². The molecule has 0 radical (unpaired) electrons. The average molecular weight is 388 g/mol. The largest absolute Gasteiger partial charge is 0.368 e. The molecule has 148 valence electrons. The molecule has 0 saturated carbocycles. The van der Waals surface area contributed by atoms with Gasteiger partial charge in [-0.05, 0) is 42.8 Å². The van der Waals surface area contributed by atoms with Crippen LogP contribution in [0.5, 0.6) is 0 Å². The average Bonchev–Trinajstić information content (AvgIpc) is 3.20. The van der Waals surface area contributed by atoms with Crippen molar-refractivity contribution in [3.8, 4) is 11.4 Å². The summed E-state index contributed by atoms with van der Waals surface area (Å²) in [6.07, 6.45) is 3.55. The Bertz CT molecular complexity index is 998. The first-order valence-electron chi connectivity index (χ1n) is 9.78. The third-order valence-corrected chi connectivity index (χ3v) is 5.11. The van der Waals surface area contributed by atoms with Gasteiger partial charge in [0.1, 0.15) is 0 Å². The Morgan fingerprint density at radius 1 is 0.966 bits per heavy atom. The summed E-state index contributed by atoms with van der Waals surface area (Å²) < 4.78 is 5.04. The smallest absolute Gasteiger partial charge is 0.246 e. The van der Waals surface area contributed by atoms with Gasteiger partial charge < -0.3 is 14.3 Å². The maximum Gasteiger partial charge on any atom is 0.246 e. The molecule has 29 heavy (non-hydrogen) atoms. The molecule has 4 rings (SSSR count). The van der Waals surface area contributed by atoms with Crippen LogP contribution in [0.15, 0.2) is 59.1 Å². The molecular weight excluding hydrogens is 364 g/mol. The van der Waals surface area contributed by atoms with Crippen molar-refractivity contribution in [2.45, 2.75) is 13.8 Å². The van der Waals surface area contributed by atoms with E-state index in [-0.39, 0.29) is 5.91 Å². The number of hydrogen-bond donors (Lipinski definition) is 0. The van der Waals surface area contributed by atoms with Gasteiger partial charge in [0.05, 0.1) is 0 Å². The summed E-state index contributed by atoms with van der Waals surface area (Å²) in [6.45, 7) is 6.88. The lowest BCUT2D eigenvalue weighted by Crippen LogP contribution is -2.48. The molecule has 6 nitrogen and oxygen atoms in total. The van der Waals surface area contributed by atoms with Crippen LogP contribution < -0.4 is 4.90 Å². The number of carbonyl (C=O) groups excluding carboxylic acids is 1. The van der Waals surface area contributed by atoms with Gasteiger partial charge in [-0.25, -0.2) is 0 Å². The zero-order chi connectivity index (χ0) is 20.2. The second-order valence-corrected chi connectivity index (χ2v) is 7.24. The van der Waals surface area contributed by atoms with Crippen molar-refractivity contribution in [3.05, 3.63) is 71.6 Å². The van der Waals surface area contributed by atoms with Crippen molar-refractivity contribution in [2.24, 2.45) is 0 Å². The fraction of sp³-hybridized carbons (Fsp3) is 0.261. The molecular formula is C23H24N4O2. The van der Waals surface area contributed by atoms with Crippen molar-refractivity contribution in [2.75, 3.05) is 31.1 Å². The van der Waals surface area contributed by atoms with E-state index in [0.717, 1.165) is 29.9 Å². The van der Waals surface area contributed by atoms with E-state index in [1.165, 1.54) is 5.56 Å². The van der Waals surface area contributed by atoms with Crippen LogP contribution in [0.25, 0.3) is 17.5 Å². The highest BCUT2D eigenvalue weighted by molar-refractivity contribution is 5.92. The van der Waals surface area contributed by atoms with Crippen LogP contribution in [0.3, 0.4) is 0 Å². The number of benzene rings is 2. The van der Waals surface area contributed by atoms with E-state index in [9.17, 15) is 4.79 Å². The number of rotatable bonds is 4. The molecule has 1 aliphatic rings. The fourth-order valence-corrected chi connectivity index (χ4v) is 3.37. The van der Waals surface area contributed by atoms with E-state index in [2.05, 4.69) is 34.1 Å². The van der Waals surface area contributed by atoms with E-state index in [1.54, 1.807) is 13.0 Å². The Morgan fingerprint density at radius 2 is 1.66 bits per heavy atom. The molecule has 1 aromatic heterocycles. The van der Waals surface area contributed by atoms with E-state index >= 15 is 0 Å². The van der Waals surface area contributed by atoms with Crippen molar-refractivity contribution in [3.63, 3.8) is 0 Å². The standard InChI is InChI=1S/C23H24N4O2/c1-17-3-5-19(6-4-17)7-12-22(28)27-15-13-26(14-16-27)21-10-8-20(9-11-21)23-24-18(2)29-25-23/h3-12H,13-16H2,1-2H3/b12-7+. The predicted octanol–water partition coefficient (Wildman–Crippen LogP) is 3.72. The molecule has 2 aromatic carbocycles. The molecule has 3 aromatic rings. The molecule has 0 spiro atoms. The highest BCUT2D eigenvalue weighted by Crippen LogP contribution is 2.22. The van der Waals surface area contributed by atoms with Crippen molar-refractivity contribution in [1.29, 1.82) is 0 Å². The van der Waals surface area contributed by atoms with Crippen LogP contribution in [-0.2, 0) is 4.79 Å². The van der Waals surface area contributed by atoms with Gasteiger partial charge in [-0.15, -0.1) is 0 Å². The molecule has 0 unspecified atom stereocenters. The lowest BCUT2D eigenvalue weighted by Gasteiger charge is -2.35. The van der Waals surface area contributed by atoms with Gasteiger partial charge in [-0.3, -0.25) is 4.79 Å². The Labute approximate surface area is 170 Å². The zero-order valence-corrected chi connectivity index (χ0v) is 16.7. The molecule has 2 heterocycles. The summed E-state index contributed by atoms with van der Waals surface area (Å²) in [4.78, 5) is 20.9. The van der Waals surface area contributed by atoms with Crippen LogP contribution >= 0.6 is 0 Å². The minimum atomic E-state index is 0.0630. The maximum absolute atomic E-state index is 12.5. The Kier molecular flexibility index (Phi) is 5.42. The topological polar surface area (TPSA) is 62.5 Å². The molecule has 1 aliphatic heterocycles. The van der Waals surface area contributed by atoms with Gasteiger partial charge in [-0.2, -0.15) is 4.98 Å². The van der Waals surface area contributed by atoms with Gasteiger partial charge in [0.2, 0.25) is 17.6 Å². The first-order valence-corrected chi connectivity index (χ1v) is 9.78. The van der Waals surface area contributed by atoms with Crippen LogP contribution in [0.2, 0.25) is 0 Å². The summed E-state index contributed by atoms with van der Waals surface area (Å²) in [7, 11) is 0. The number of hydrogen-bond acceptors (Lipinski definition) is 5. The van der Waals surface area contributed by atoms with Crippen LogP contribution in [-0.4, -0.2) is 47.1 Å². The van der Waals surface area contributed by atoms with Gasteiger partial charge in [0, 0.05) is 50.4 Å². The first-order chi connectivity index (χ1) is 14.1. The van der Waals surface area contributed by atoms with Crippen molar-refractivity contribution in [1.82, 2.24) is 15.0 Å². The Hall–Kier alpha value is -3.41. The number of aromatic nitrogens is 2. The third-order valence-electron chi connectivity index (χ3n) is 5.11. The Balaban J connectivity index is 1.33. The molecule has 0 bridgehead atoms. The van der Waals surface area contributed by atoms with E-state index < -0.39 is 0 Å². The third kappa shape index (κ3) is 4.54. The molecule has 1 amide bonds. The van der Waals surface area contributed by atoms with Crippen LogP contribution in [0, 0.1) is 13.8 Å². The quantitative estimate of drug-likeness (QED) is 0.638. The SMILES string of the molecule is Cc1ccc(/C=C/C(=O)N2CCN(c3ccc(-c4noc(C)n4)cc3)CC2)cc1. The Morgan fingerprint density at radius 3 is 2.28 bits per heavy atom. The summed E-state index contributed by atoms with van der Waals surface area (Å²) in [5, 5.41) is 3.95. The lowest BCUT2D eigenvalue weighted by molar-refractivity contribution is -0.126. The predicted molar refractivity (Wildman–Crippen MR) is 113 cm³/mol. The number of amides is 1. The summed E-state index contributed by atoms with van der Waals surface area (Å²) >= 11 is 0. The molecule has 1 fully saturated rings. The van der Waals surface area contributed by atoms with Crippen molar-refractivity contribution >= 4 is 17.7 Å². The van der Waals surface area contributed by atoms with Gasteiger partial charge in [0.25, 0.3) is 0 Å². The molecule has 6 heteroatoms. The second-order valence-electron chi connectivity index (χ2n) is 7.24. The van der Waals surface area contributed by atoms with E-state index in [1.807, 2.05) is 47.4 Å². The minimum absolute atomic E-state index is 0.0630. The lowest BCUT2D eigenvalue weighted by atomic mass is 10.1. The minimum Gasteiger partial charge on any atom is -0.368 e. The molecule has 0 aliphatic carbocycles. The monoisotopic (exact) mass is 388 g/mol. The van der Waals surface area contributed by atoms with Gasteiger partial charge in [0.15, 0.2) is 0 Å². The first kappa shape index (κ1) is 18.9. The highest BCUT2D eigenvalue weighted by atomic mass is 16.5. The summed E-state index contributed by atoms with van der Waals surface area (Å²) in [5.41, 5.74) is 4.32. The van der Waals surface area contributed by atoms with Crippen LogP contribution in [0.4, 0.5) is 5.69 Å². The second kappa shape index (κ2) is 8.31.